The number of ether oxygens (including phenoxy) is 1. The van der Waals surface area contributed by atoms with Gasteiger partial charge in [0.15, 0.2) is 0 Å². The van der Waals surface area contributed by atoms with Crippen LogP contribution in [-0.4, -0.2) is 18.8 Å². The van der Waals surface area contributed by atoms with Crippen LogP contribution in [0.5, 0.6) is 5.75 Å². The third-order valence-corrected chi connectivity index (χ3v) is 2.29. The van der Waals surface area contributed by atoms with E-state index in [1.54, 1.807) is 7.11 Å². The number of hydrogen-bond acceptors (Lipinski definition) is 3. The Kier molecular flexibility index (Phi) is 6.32. The summed E-state index contributed by atoms with van der Waals surface area (Å²) in [6.07, 6.45) is 0.589. The molecular formula is C11H18ClNO2. The van der Waals surface area contributed by atoms with Gasteiger partial charge in [-0.1, -0.05) is 12.1 Å². The summed E-state index contributed by atoms with van der Waals surface area (Å²) in [5.74, 6) is 0.866. The van der Waals surface area contributed by atoms with E-state index in [9.17, 15) is 0 Å². The summed E-state index contributed by atoms with van der Waals surface area (Å²) in [4.78, 5) is 0. The van der Waals surface area contributed by atoms with Crippen LogP contribution in [0.3, 0.4) is 0 Å². The number of hydrogen-bond donors (Lipinski definition) is 2. The Hall–Kier alpha value is -0.770. The molecule has 1 rings (SSSR count). The van der Waals surface area contributed by atoms with Gasteiger partial charge in [-0.05, 0) is 30.5 Å². The monoisotopic (exact) mass is 231 g/mol. The number of halogens is 1. The Morgan fingerprint density at radius 2 is 2.13 bits per heavy atom. The summed E-state index contributed by atoms with van der Waals surface area (Å²) in [6, 6.07) is 5.75. The van der Waals surface area contributed by atoms with Crippen molar-refractivity contribution < 1.29 is 9.84 Å². The van der Waals surface area contributed by atoms with E-state index in [-0.39, 0.29) is 25.1 Å². The average Bonchev–Trinajstić information content (AvgIpc) is 2.18. The number of methoxy groups -OCH3 is 1. The number of aliphatic hydroxyl groups is 1. The van der Waals surface area contributed by atoms with Crippen LogP contribution in [0.25, 0.3) is 0 Å². The van der Waals surface area contributed by atoms with E-state index in [1.165, 1.54) is 0 Å². The van der Waals surface area contributed by atoms with Crippen LogP contribution < -0.4 is 10.5 Å². The lowest BCUT2D eigenvalue weighted by atomic mass is 10.0. The van der Waals surface area contributed by atoms with Gasteiger partial charge in [0, 0.05) is 12.6 Å². The molecule has 0 fully saturated rings. The van der Waals surface area contributed by atoms with Crippen molar-refractivity contribution >= 4 is 12.4 Å². The van der Waals surface area contributed by atoms with Crippen molar-refractivity contribution in [3.05, 3.63) is 29.3 Å². The molecule has 0 aliphatic carbocycles. The number of aryl methyl sites for hydroxylation is 1. The van der Waals surface area contributed by atoms with Gasteiger partial charge in [0.2, 0.25) is 0 Å². The number of rotatable bonds is 4. The van der Waals surface area contributed by atoms with Crippen molar-refractivity contribution in [3.63, 3.8) is 0 Å². The summed E-state index contributed by atoms with van der Waals surface area (Å²) in [5, 5.41) is 8.76. The number of nitrogens with two attached hydrogens (primary N) is 1. The highest BCUT2D eigenvalue weighted by atomic mass is 35.5. The van der Waals surface area contributed by atoms with Crippen molar-refractivity contribution in [3.8, 4) is 5.75 Å². The third-order valence-electron chi connectivity index (χ3n) is 2.29. The Balaban J connectivity index is 0.00000196. The van der Waals surface area contributed by atoms with Gasteiger partial charge in [0.05, 0.1) is 7.11 Å². The minimum Gasteiger partial charge on any atom is -0.496 e. The summed E-state index contributed by atoms with van der Waals surface area (Å²) in [6.45, 7) is 2.10. The fraction of sp³-hybridized carbons (Fsp3) is 0.455. The number of aliphatic hydroxyl groups excluding tert-OH is 1. The predicted octanol–water partition coefficient (Wildman–Crippen LogP) is 1.81. The summed E-state index contributed by atoms with van der Waals surface area (Å²) >= 11 is 0. The quantitative estimate of drug-likeness (QED) is 0.831. The van der Waals surface area contributed by atoms with Gasteiger partial charge in [-0.25, -0.2) is 0 Å². The third kappa shape index (κ3) is 3.70. The molecule has 0 aromatic heterocycles. The van der Waals surface area contributed by atoms with Crippen LogP contribution in [-0.2, 0) is 0 Å². The molecule has 0 radical (unpaired) electrons. The molecule has 0 heterocycles. The van der Waals surface area contributed by atoms with E-state index in [2.05, 4.69) is 0 Å². The maximum atomic E-state index is 8.76. The fourth-order valence-electron chi connectivity index (χ4n) is 1.44. The highest BCUT2D eigenvalue weighted by molar-refractivity contribution is 5.85. The normalized spacial score (nSPS) is 11.7. The number of benzene rings is 1. The standard InChI is InChI=1S/C11H17NO2.ClH/c1-8-7-9(10(12)5-6-13)3-4-11(8)14-2;/h3-4,7,10,13H,5-6,12H2,1-2H3;1H. The molecular weight excluding hydrogens is 214 g/mol. The van der Waals surface area contributed by atoms with Gasteiger partial charge >= 0.3 is 0 Å². The Morgan fingerprint density at radius 1 is 1.47 bits per heavy atom. The van der Waals surface area contributed by atoms with Crippen LogP contribution in [0.1, 0.15) is 23.6 Å². The van der Waals surface area contributed by atoms with Crippen LogP contribution in [0, 0.1) is 6.92 Å². The van der Waals surface area contributed by atoms with E-state index >= 15 is 0 Å². The molecule has 0 aliphatic rings. The zero-order chi connectivity index (χ0) is 10.6. The fourth-order valence-corrected chi connectivity index (χ4v) is 1.44. The van der Waals surface area contributed by atoms with Crippen molar-refractivity contribution in [2.45, 2.75) is 19.4 Å². The molecule has 0 amide bonds. The van der Waals surface area contributed by atoms with Gasteiger partial charge < -0.3 is 15.6 Å². The molecule has 3 N–H and O–H groups in total. The summed E-state index contributed by atoms with van der Waals surface area (Å²) in [7, 11) is 1.65. The van der Waals surface area contributed by atoms with Gasteiger partial charge in [-0.15, -0.1) is 12.4 Å². The Bertz CT molecular complexity index is 305. The van der Waals surface area contributed by atoms with E-state index in [4.69, 9.17) is 15.6 Å². The van der Waals surface area contributed by atoms with Crippen molar-refractivity contribution in [2.24, 2.45) is 5.73 Å². The molecule has 0 saturated carbocycles. The van der Waals surface area contributed by atoms with Crippen LogP contribution >= 0.6 is 12.4 Å². The van der Waals surface area contributed by atoms with Gasteiger partial charge in [-0.2, -0.15) is 0 Å². The van der Waals surface area contributed by atoms with E-state index in [0.29, 0.717) is 6.42 Å². The molecule has 4 heteroatoms. The summed E-state index contributed by atoms with van der Waals surface area (Å²) < 4.78 is 5.15. The average molecular weight is 232 g/mol. The lowest BCUT2D eigenvalue weighted by Crippen LogP contribution is -2.12. The second-order valence-corrected chi connectivity index (χ2v) is 3.35. The van der Waals surface area contributed by atoms with Crippen LogP contribution in [0.2, 0.25) is 0 Å². The SMILES string of the molecule is COc1ccc(C(N)CCO)cc1C.Cl. The van der Waals surface area contributed by atoms with E-state index in [1.807, 2.05) is 25.1 Å². The predicted molar refractivity (Wildman–Crippen MR) is 63.6 cm³/mol. The molecule has 1 unspecified atom stereocenters. The Labute approximate surface area is 96.7 Å². The molecule has 0 spiro atoms. The molecule has 0 saturated heterocycles. The highest BCUT2D eigenvalue weighted by Gasteiger charge is 2.07. The molecule has 3 nitrogen and oxygen atoms in total. The molecule has 0 bridgehead atoms. The zero-order valence-corrected chi connectivity index (χ0v) is 9.88. The lowest BCUT2D eigenvalue weighted by molar-refractivity contribution is 0.276. The van der Waals surface area contributed by atoms with Gasteiger partial charge in [0.25, 0.3) is 0 Å². The second-order valence-electron chi connectivity index (χ2n) is 3.35. The van der Waals surface area contributed by atoms with E-state index < -0.39 is 0 Å². The molecule has 1 atom stereocenters. The first-order chi connectivity index (χ1) is 6.69. The van der Waals surface area contributed by atoms with Gasteiger partial charge in [0.1, 0.15) is 5.75 Å². The lowest BCUT2D eigenvalue weighted by Gasteiger charge is -2.12. The van der Waals surface area contributed by atoms with Crippen molar-refractivity contribution in [2.75, 3.05) is 13.7 Å². The first-order valence-corrected chi connectivity index (χ1v) is 4.70. The second kappa shape index (κ2) is 6.67. The summed E-state index contributed by atoms with van der Waals surface area (Å²) in [5.41, 5.74) is 7.97. The minimum absolute atomic E-state index is 0. The van der Waals surface area contributed by atoms with Gasteiger partial charge in [-0.3, -0.25) is 0 Å². The smallest absolute Gasteiger partial charge is 0.121 e. The molecule has 1 aromatic carbocycles. The zero-order valence-electron chi connectivity index (χ0n) is 9.06. The molecule has 86 valence electrons. The van der Waals surface area contributed by atoms with E-state index in [0.717, 1.165) is 16.9 Å². The van der Waals surface area contributed by atoms with Crippen molar-refractivity contribution in [1.82, 2.24) is 0 Å². The Morgan fingerprint density at radius 3 is 2.60 bits per heavy atom. The van der Waals surface area contributed by atoms with Crippen molar-refractivity contribution in [1.29, 1.82) is 0 Å². The molecule has 0 aliphatic heterocycles. The first-order valence-electron chi connectivity index (χ1n) is 4.70. The molecule has 15 heavy (non-hydrogen) atoms. The minimum atomic E-state index is -0.0930. The maximum absolute atomic E-state index is 8.76. The highest BCUT2D eigenvalue weighted by Crippen LogP contribution is 2.22. The van der Waals surface area contributed by atoms with Crippen LogP contribution in [0.15, 0.2) is 18.2 Å². The first kappa shape index (κ1) is 14.2. The van der Waals surface area contributed by atoms with Crippen LogP contribution in [0.4, 0.5) is 0 Å². The molecule has 1 aromatic rings. The topological polar surface area (TPSA) is 55.5 Å². The maximum Gasteiger partial charge on any atom is 0.121 e. The largest absolute Gasteiger partial charge is 0.496 e.